The van der Waals surface area contributed by atoms with E-state index >= 15 is 0 Å². The lowest BCUT2D eigenvalue weighted by atomic mass is 10.1. The van der Waals surface area contributed by atoms with Crippen molar-refractivity contribution >= 4 is 6.08 Å². The maximum atomic E-state index is 13.8. The summed E-state index contributed by atoms with van der Waals surface area (Å²) >= 11 is 0. The first-order valence-corrected chi connectivity index (χ1v) is 7.33. The Bertz CT molecular complexity index is 686. The van der Waals surface area contributed by atoms with Gasteiger partial charge in [0.1, 0.15) is 0 Å². The number of unbranched alkanes of at least 4 members (excludes halogenated alkanes) is 1. The number of aliphatic hydroxyl groups is 1. The van der Waals surface area contributed by atoms with Crippen LogP contribution in [-0.4, -0.2) is 26.3 Å². The van der Waals surface area contributed by atoms with E-state index in [9.17, 15) is 8.78 Å². The Morgan fingerprint density at radius 3 is 2.52 bits per heavy atom. The summed E-state index contributed by atoms with van der Waals surface area (Å²) in [5.74, 6) is -2.69. The van der Waals surface area contributed by atoms with E-state index in [1.807, 2.05) is 6.08 Å². The number of aromatic hydroxyl groups is 1. The van der Waals surface area contributed by atoms with Crippen LogP contribution in [0.2, 0.25) is 0 Å². The fourth-order valence-corrected chi connectivity index (χ4v) is 2.05. The molecule has 1 aromatic heterocycles. The van der Waals surface area contributed by atoms with Crippen molar-refractivity contribution in [3.8, 4) is 16.9 Å². The molecule has 1 heterocycles. The molecule has 122 valence electrons. The summed E-state index contributed by atoms with van der Waals surface area (Å²) in [6.45, 7) is 1.75. The highest BCUT2D eigenvalue weighted by Gasteiger charge is 2.14. The van der Waals surface area contributed by atoms with Crippen molar-refractivity contribution in [3.05, 3.63) is 48.1 Å². The molecule has 1 aromatic carbocycles. The molecule has 0 saturated heterocycles. The predicted octanol–water partition coefficient (Wildman–Crippen LogP) is 3.69. The Hall–Kier alpha value is -2.34. The van der Waals surface area contributed by atoms with Crippen molar-refractivity contribution in [1.82, 2.24) is 9.97 Å². The van der Waals surface area contributed by atoms with Gasteiger partial charge in [0, 0.05) is 23.5 Å². The van der Waals surface area contributed by atoms with Crippen molar-refractivity contribution in [1.29, 1.82) is 0 Å². The molecule has 4 nitrogen and oxygen atoms in total. The standard InChI is InChI=1S/C17H18F2N2O2/c1-11(22)5-3-2-4-6-15-20-9-12(10-21-15)13-7-8-14(23)17(19)16(13)18/h4,6-11,22-23H,2-3,5H2,1H3. The van der Waals surface area contributed by atoms with Crippen LogP contribution in [0, 0.1) is 11.6 Å². The fraction of sp³-hybridized carbons (Fsp3) is 0.294. The molecule has 23 heavy (non-hydrogen) atoms. The Morgan fingerprint density at radius 1 is 1.17 bits per heavy atom. The van der Waals surface area contributed by atoms with Crippen LogP contribution < -0.4 is 0 Å². The molecule has 0 amide bonds. The van der Waals surface area contributed by atoms with Gasteiger partial charge in [-0.25, -0.2) is 14.4 Å². The maximum absolute atomic E-state index is 13.8. The van der Waals surface area contributed by atoms with Crippen LogP contribution >= 0.6 is 0 Å². The number of phenols is 1. The highest BCUT2D eigenvalue weighted by Crippen LogP contribution is 2.28. The van der Waals surface area contributed by atoms with Gasteiger partial charge in [-0.05, 0) is 44.4 Å². The number of benzene rings is 1. The summed E-state index contributed by atoms with van der Waals surface area (Å²) in [7, 11) is 0. The van der Waals surface area contributed by atoms with Gasteiger partial charge in [0.15, 0.2) is 17.4 Å². The Kier molecular flexibility index (Phi) is 5.76. The molecular weight excluding hydrogens is 302 g/mol. The Labute approximate surface area is 133 Å². The zero-order chi connectivity index (χ0) is 16.8. The minimum atomic E-state index is -1.29. The van der Waals surface area contributed by atoms with Gasteiger partial charge in [-0.15, -0.1) is 0 Å². The first kappa shape index (κ1) is 17.0. The molecular formula is C17H18F2N2O2. The number of hydrogen-bond donors (Lipinski definition) is 2. The second kappa shape index (κ2) is 7.78. The van der Waals surface area contributed by atoms with Crippen molar-refractivity contribution < 1.29 is 19.0 Å². The lowest BCUT2D eigenvalue weighted by molar-refractivity contribution is 0.182. The topological polar surface area (TPSA) is 66.2 Å². The maximum Gasteiger partial charge on any atom is 0.200 e. The van der Waals surface area contributed by atoms with E-state index in [-0.39, 0.29) is 11.7 Å². The molecule has 2 aromatic rings. The molecule has 1 atom stereocenters. The highest BCUT2D eigenvalue weighted by molar-refractivity contribution is 5.64. The number of aromatic nitrogens is 2. The number of aliphatic hydroxyl groups excluding tert-OH is 1. The van der Waals surface area contributed by atoms with Gasteiger partial charge >= 0.3 is 0 Å². The number of halogens is 2. The minimum absolute atomic E-state index is 0.00670. The van der Waals surface area contributed by atoms with Gasteiger partial charge in [0.2, 0.25) is 5.82 Å². The van der Waals surface area contributed by atoms with Crippen LogP contribution in [0.4, 0.5) is 8.78 Å². The summed E-state index contributed by atoms with van der Waals surface area (Å²) < 4.78 is 27.1. The second-order valence-electron chi connectivity index (χ2n) is 5.27. The van der Waals surface area contributed by atoms with Gasteiger partial charge in [-0.2, -0.15) is 4.39 Å². The van der Waals surface area contributed by atoms with Crippen LogP contribution in [-0.2, 0) is 0 Å². The third-order valence-corrected chi connectivity index (χ3v) is 3.30. The van der Waals surface area contributed by atoms with Gasteiger partial charge in [-0.1, -0.05) is 6.08 Å². The molecule has 6 heteroatoms. The van der Waals surface area contributed by atoms with Crippen molar-refractivity contribution in [2.45, 2.75) is 32.3 Å². The molecule has 0 fully saturated rings. The summed E-state index contributed by atoms with van der Waals surface area (Å²) in [5, 5.41) is 18.3. The smallest absolute Gasteiger partial charge is 0.200 e. The van der Waals surface area contributed by atoms with E-state index in [1.165, 1.54) is 18.5 Å². The van der Waals surface area contributed by atoms with Crippen molar-refractivity contribution in [3.63, 3.8) is 0 Å². The zero-order valence-corrected chi connectivity index (χ0v) is 12.7. The van der Waals surface area contributed by atoms with Crippen LogP contribution in [0.3, 0.4) is 0 Å². The van der Waals surface area contributed by atoms with Crippen LogP contribution in [0.5, 0.6) is 5.75 Å². The quantitative estimate of drug-likeness (QED) is 0.797. The third kappa shape index (κ3) is 4.56. The van der Waals surface area contributed by atoms with E-state index in [0.29, 0.717) is 11.4 Å². The van der Waals surface area contributed by atoms with E-state index in [4.69, 9.17) is 10.2 Å². The predicted molar refractivity (Wildman–Crippen MR) is 83.6 cm³/mol. The van der Waals surface area contributed by atoms with Crippen LogP contribution in [0.1, 0.15) is 32.0 Å². The Balaban J connectivity index is 2.05. The molecule has 0 bridgehead atoms. The summed E-state index contributed by atoms with van der Waals surface area (Å²) in [4.78, 5) is 8.16. The van der Waals surface area contributed by atoms with Gasteiger partial charge in [0.25, 0.3) is 0 Å². The van der Waals surface area contributed by atoms with E-state index < -0.39 is 17.4 Å². The first-order chi connectivity index (χ1) is 11.0. The van der Waals surface area contributed by atoms with Crippen molar-refractivity contribution in [2.75, 3.05) is 0 Å². The van der Waals surface area contributed by atoms with Gasteiger partial charge in [-0.3, -0.25) is 0 Å². The van der Waals surface area contributed by atoms with E-state index in [1.54, 1.807) is 13.0 Å². The molecule has 0 spiro atoms. The second-order valence-corrected chi connectivity index (χ2v) is 5.27. The molecule has 0 saturated carbocycles. The van der Waals surface area contributed by atoms with E-state index in [2.05, 4.69) is 9.97 Å². The molecule has 0 radical (unpaired) electrons. The monoisotopic (exact) mass is 320 g/mol. The van der Waals surface area contributed by atoms with Crippen LogP contribution in [0.25, 0.3) is 17.2 Å². The summed E-state index contributed by atoms with van der Waals surface area (Å²) in [6, 6.07) is 2.36. The van der Waals surface area contributed by atoms with Crippen molar-refractivity contribution in [2.24, 2.45) is 0 Å². The van der Waals surface area contributed by atoms with Gasteiger partial charge in [0.05, 0.1) is 6.10 Å². The lowest BCUT2D eigenvalue weighted by Gasteiger charge is -2.05. The minimum Gasteiger partial charge on any atom is -0.505 e. The summed E-state index contributed by atoms with van der Waals surface area (Å²) in [6.07, 6.45) is 8.53. The molecule has 1 unspecified atom stereocenters. The fourth-order valence-electron chi connectivity index (χ4n) is 2.05. The molecule has 0 aliphatic rings. The normalized spacial score (nSPS) is 12.7. The SMILES string of the molecule is CC(O)CCCC=Cc1ncc(-c2ccc(O)c(F)c2F)cn1. The average molecular weight is 320 g/mol. The number of phenolic OH excluding ortho intramolecular Hbond substituents is 1. The zero-order valence-electron chi connectivity index (χ0n) is 12.7. The van der Waals surface area contributed by atoms with E-state index in [0.717, 1.165) is 25.3 Å². The first-order valence-electron chi connectivity index (χ1n) is 7.33. The number of nitrogens with zero attached hydrogens (tertiary/aromatic N) is 2. The largest absolute Gasteiger partial charge is 0.505 e. The summed E-state index contributed by atoms with van der Waals surface area (Å²) in [5.41, 5.74) is 0.320. The molecule has 2 rings (SSSR count). The number of rotatable bonds is 6. The molecule has 2 N–H and O–H groups in total. The molecule has 0 aliphatic carbocycles. The Morgan fingerprint density at radius 2 is 1.87 bits per heavy atom. The van der Waals surface area contributed by atoms with Gasteiger partial charge < -0.3 is 10.2 Å². The number of allylic oxidation sites excluding steroid dienone is 1. The lowest BCUT2D eigenvalue weighted by Crippen LogP contribution is -1.97. The molecule has 0 aliphatic heterocycles. The number of hydrogen-bond acceptors (Lipinski definition) is 4. The highest BCUT2D eigenvalue weighted by atomic mass is 19.2. The average Bonchev–Trinajstić information content (AvgIpc) is 2.53. The van der Waals surface area contributed by atoms with Crippen LogP contribution in [0.15, 0.2) is 30.6 Å². The third-order valence-electron chi connectivity index (χ3n) is 3.30.